The third kappa shape index (κ3) is 4.13. The van der Waals surface area contributed by atoms with Gasteiger partial charge in [-0.3, -0.25) is 4.79 Å². The standard InChI is InChI=1S/C20H33N3O3/c1-14(2)19-9-18(15(3)26-19)20(25)23-11-16(17(12-23)13-24)10-22-7-5-21(4)6-8-22/h9,14,16-17,24H,5-8,10-13H2,1-4H3/t16-,17-/m1/s1. The van der Waals surface area contributed by atoms with E-state index in [-0.39, 0.29) is 24.3 Å². The summed E-state index contributed by atoms with van der Waals surface area (Å²) in [6, 6.07) is 1.89. The monoisotopic (exact) mass is 363 g/mol. The Hall–Kier alpha value is -1.37. The Kier molecular flexibility index (Phi) is 6.05. The highest BCUT2D eigenvalue weighted by Crippen LogP contribution is 2.28. The molecule has 2 atom stereocenters. The lowest BCUT2D eigenvalue weighted by molar-refractivity contribution is 0.0775. The number of aliphatic hydroxyl groups is 1. The summed E-state index contributed by atoms with van der Waals surface area (Å²) < 4.78 is 5.76. The smallest absolute Gasteiger partial charge is 0.257 e. The number of piperazine rings is 1. The maximum Gasteiger partial charge on any atom is 0.257 e. The molecule has 6 heteroatoms. The number of furan rings is 1. The summed E-state index contributed by atoms with van der Waals surface area (Å²) in [5.74, 6) is 2.36. The Morgan fingerprint density at radius 1 is 1.23 bits per heavy atom. The SMILES string of the molecule is Cc1oc(C(C)C)cc1C(=O)N1C[C@@H](CN2CCN(C)CC2)[C@@H](CO)C1. The zero-order valence-electron chi connectivity index (χ0n) is 16.6. The normalized spacial score (nSPS) is 25.4. The number of nitrogens with zero attached hydrogens (tertiary/aromatic N) is 3. The van der Waals surface area contributed by atoms with Crippen LogP contribution in [-0.2, 0) is 0 Å². The molecule has 2 saturated heterocycles. The molecule has 1 amide bonds. The van der Waals surface area contributed by atoms with E-state index in [9.17, 15) is 9.90 Å². The Bertz CT molecular complexity index is 620. The van der Waals surface area contributed by atoms with E-state index in [1.807, 2.05) is 17.9 Å². The van der Waals surface area contributed by atoms with E-state index in [2.05, 4.69) is 30.7 Å². The van der Waals surface area contributed by atoms with Crippen molar-refractivity contribution in [2.45, 2.75) is 26.7 Å². The van der Waals surface area contributed by atoms with Crippen LogP contribution in [0.4, 0.5) is 0 Å². The maximum atomic E-state index is 13.0. The number of aryl methyl sites for hydroxylation is 1. The van der Waals surface area contributed by atoms with Crippen LogP contribution in [-0.4, -0.2) is 85.2 Å². The van der Waals surface area contributed by atoms with Crippen LogP contribution in [0, 0.1) is 18.8 Å². The van der Waals surface area contributed by atoms with Crippen LogP contribution in [0.5, 0.6) is 0 Å². The van der Waals surface area contributed by atoms with Gasteiger partial charge in [0.25, 0.3) is 5.91 Å². The molecular weight excluding hydrogens is 330 g/mol. The largest absolute Gasteiger partial charge is 0.465 e. The highest BCUT2D eigenvalue weighted by atomic mass is 16.3. The maximum absolute atomic E-state index is 13.0. The van der Waals surface area contributed by atoms with Crippen molar-refractivity contribution in [2.75, 3.05) is 59.5 Å². The van der Waals surface area contributed by atoms with Gasteiger partial charge in [-0.2, -0.15) is 0 Å². The molecule has 0 unspecified atom stereocenters. The third-order valence-corrected chi connectivity index (χ3v) is 5.92. The van der Waals surface area contributed by atoms with Gasteiger partial charge in [0.1, 0.15) is 11.5 Å². The molecule has 0 aromatic carbocycles. The number of rotatable bonds is 5. The zero-order valence-corrected chi connectivity index (χ0v) is 16.6. The number of carbonyl (C=O) groups is 1. The molecule has 0 bridgehead atoms. The molecule has 146 valence electrons. The predicted octanol–water partition coefficient (Wildman–Crippen LogP) is 1.64. The molecule has 3 heterocycles. The molecule has 0 radical (unpaired) electrons. The topological polar surface area (TPSA) is 60.2 Å². The van der Waals surface area contributed by atoms with Gasteiger partial charge in [-0.25, -0.2) is 0 Å². The summed E-state index contributed by atoms with van der Waals surface area (Å²) in [6.07, 6.45) is 0. The second kappa shape index (κ2) is 8.11. The number of aliphatic hydroxyl groups excluding tert-OH is 1. The van der Waals surface area contributed by atoms with E-state index in [0.29, 0.717) is 23.8 Å². The first kappa shape index (κ1) is 19.4. The predicted molar refractivity (Wildman–Crippen MR) is 101 cm³/mol. The molecule has 26 heavy (non-hydrogen) atoms. The first-order valence-corrected chi connectivity index (χ1v) is 9.80. The molecule has 0 saturated carbocycles. The number of likely N-dealkylation sites (N-methyl/N-ethyl adjacent to an activating group) is 1. The van der Waals surface area contributed by atoms with E-state index in [4.69, 9.17) is 4.42 Å². The van der Waals surface area contributed by atoms with Gasteiger partial charge in [0.15, 0.2) is 0 Å². The summed E-state index contributed by atoms with van der Waals surface area (Å²) in [5, 5.41) is 9.83. The van der Waals surface area contributed by atoms with E-state index in [1.54, 1.807) is 0 Å². The van der Waals surface area contributed by atoms with Crippen LogP contribution in [0.25, 0.3) is 0 Å². The van der Waals surface area contributed by atoms with Gasteiger partial charge in [-0.1, -0.05) is 13.8 Å². The lowest BCUT2D eigenvalue weighted by Crippen LogP contribution is -2.47. The first-order valence-electron chi connectivity index (χ1n) is 9.80. The summed E-state index contributed by atoms with van der Waals surface area (Å²) >= 11 is 0. The Morgan fingerprint density at radius 3 is 2.46 bits per heavy atom. The van der Waals surface area contributed by atoms with Crippen LogP contribution < -0.4 is 0 Å². The zero-order chi connectivity index (χ0) is 18.8. The van der Waals surface area contributed by atoms with Crippen LogP contribution in [0.2, 0.25) is 0 Å². The van der Waals surface area contributed by atoms with E-state index in [1.165, 1.54) is 0 Å². The molecule has 2 fully saturated rings. The second-order valence-electron chi connectivity index (χ2n) is 8.29. The van der Waals surface area contributed by atoms with Crippen molar-refractivity contribution in [3.05, 3.63) is 23.2 Å². The summed E-state index contributed by atoms with van der Waals surface area (Å²) in [7, 11) is 2.16. The fraction of sp³-hybridized carbons (Fsp3) is 0.750. The molecule has 6 nitrogen and oxygen atoms in total. The summed E-state index contributed by atoms with van der Waals surface area (Å²) in [4.78, 5) is 19.7. The fourth-order valence-corrected chi connectivity index (χ4v) is 4.05. The van der Waals surface area contributed by atoms with Crippen molar-refractivity contribution in [3.8, 4) is 0 Å². The van der Waals surface area contributed by atoms with E-state index < -0.39 is 0 Å². The average Bonchev–Trinajstić information content (AvgIpc) is 3.20. The lowest BCUT2D eigenvalue weighted by Gasteiger charge is -2.34. The first-order chi connectivity index (χ1) is 12.4. The minimum absolute atomic E-state index is 0.0393. The van der Waals surface area contributed by atoms with Gasteiger partial charge in [0, 0.05) is 64.3 Å². The Labute approximate surface area is 156 Å². The lowest BCUT2D eigenvalue weighted by atomic mass is 9.96. The third-order valence-electron chi connectivity index (χ3n) is 5.92. The van der Waals surface area contributed by atoms with E-state index >= 15 is 0 Å². The summed E-state index contributed by atoms with van der Waals surface area (Å²) in [5.41, 5.74) is 0.672. The fourth-order valence-electron chi connectivity index (χ4n) is 4.05. The Morgan fingerprint density at radius 2 is 1.88 bits per heavy atom. The van der Waals surface area contributed by atoms with Crippen molar-refractivity contribution in [1.29, 1.82) is 0 Å². The summed E-state index contributed by atoms with van der Waals surface area (Å²) in [6.45, 7) is 12.8. The van der Waals surface area contributed by atoms with Gasteiger partial charge in [0.05, 0.1) is 5.56 Å². The molecule has 1 N–H and O–H groups in total. The van der Waals surface area contributed by atoms with Gasteiger partial charge in [0.2, 0.25) is 0 Å². The van der Waals surface area contributed by atoms with E-state index in [0.717, 1.165) is 45.0 Å². The minimum atomic E-state index is 0.0393. The van der Waals surface area contributed by atoms with Crippen molar-refractivity contribution < 1.29 is 14.3 Å². The van der Waals surface area contributed by atoms with Crippen molar-refractivity contribution in [1.82, 2.24) is 14.7 Å². The van der Waals surface area contributed by atoms with Crippen LogP contribution in [0.3, 0.4) is 0 Å². The molecule has 0 spiro atoms. The van der Waals surface area contributed by atoms with Crippen LogP contribution in [0.15, 0.2) is 10.5 Å². The number of carbonyl (C=O) groups excluding carboxylic acids is 1. The molecule has 2 aliphatic heterocycles. The van der Waals surface area contributed by atoms with Gasteiger partial charge in [-0.15, -0.1) is 0 Å². The van der Waals surface area contributed by atoms with Gasteiger partial charge < -0.3 is 24.2 Å². The van der Waals surface area contributed by atoms with Crippen molar-refractivity contribution >= 4 is 5.91 Å². The molecule has 2 aliphatic rings. The number of likely N-dealkylation sites (tertiary alicyclic amines) is 1. The van der Waals surface area contributed by atoms with Crippen molar-refractivity contribution in [2.24, 2.45) is 11.8 Å². The van der Waals surface area contributed by atoms with Gasteiger partial charge in [-0.05, 0) is 26.0 Å². The number of hydrogen-bond donors (Lipinski definition) is 1. The molecule has 3 rings (SSSR count). The van der Waals surface area contributed by atoms with Crippen molar-refractivity contribution in [3.63, 3.8) is 0 Å². The number of hydrogen-bond acceptors (Lipinski definition) is 5. The highest BCUT2D eigenvalue weighted by molar-refractivity contribution is 5.95. The van der Waals surface area contributed by atoms with Gasteiger partial charge >= 0.3 is 0 Å². The minimum Gasteiger partial charge on any atom is -0.465 e. The highest BCUT2D eigenvalue weighted by Gasteiger charge is 2.37. The quantitative estimate of drug-likeness (QED) is 0.862. The second-order valence-corrected chi connectivity index (χ2v) is 8.29. The van der Waals surface area contributed by atoms with Crippen LogP contribution >= 0.6 is 0 Å². The average molecular weight is 364 g/mol. The molecule has 1 aromatic rings. The molecule has 0 aliphatic carbocycles. The van der Waals surface area contributed by atoms with Crippen LogP contribution in [0.1, 0.15) is 41.6 Å². The molecule has 1 aromatic heterocycles. The number of amides is 1. The molecular formula is C20H33N3O3. The Balaban J connectivity index is 1.65.